The number of nitrogens with one attached hydrogen (secondary N) is 1. The van der Waals surface area contributed by atoms with Gasteiger partial charge in [0, 0.05) is 12.1 Å². The molecular weight excluding hydrogens is 241 g/mol. The predicted molar refractivity (Wildman–Crippen MR) is 76.0 cm³/mol. The van der Waals surface area contributed by atoms with E-state index in [2.05, 4.69) is 19.2 Å². The summed E-state index contributed by atoms with van der Waals surface area (Å²) in [6, 6.07) is 5.46. The van der Waals surface area contributed by atoms with Crippen LogP contribution in [-0.2, 0) is 0 Å². The lowest BCUT2D eigenvalue weighted by Crippen LogP contribution is -2.49. The first-order chi connectivity index (χ1) is 9.01. The standard InChI is InChI=1S/C16H24FNO/c1-10-7-12(3)16(15(8-10)18-4)19-13-6-5-11(2)14(17)9-13/h5-6,9-10,12,15-16,18H,7-8H2,1-4H3. The van der Waals surface area contributed by atoms with Gasteiger partial charge in [0.15, 0.2) is 0 Å². The Balaban J connectivity index is 2.13. The molecule has 0 aromatic heterocycles. The van der Waals surface area contributed by atoms with Crippen LogP contribution in [0.5, 0.6) is 5.75 Å². The van der Waals surface area contributed by atoms with Crippen LogP contribution in [0.15, 0.2) is 18.2 Å². The van der Waals surface area contributed by atoms with Gasteiger partial charge >= 0.3 is 0 Å². The first kappa shape index (κ1) is 14.3. The van der Waals surface area contributed by atoms with E-state index in [1.807, 2.05) is 13.1 Å². The molecule has 106 valence electrons. The fourth-order valence-corrected chi connectivity index (χ4v) is 3.11. The molecular formula is C16H24FNO. The molecule has 2 nitrogen and oxygen atoms in total. The van der Waals surface area contributed by atoms with Gasteiger partial charge in [0.25, 0.3) is 0 Å². The van der Waals surface area contributed by atoms with E-state index >= 15 is 0 Å². The molecule has 0 bridgehead atoms. The highest BCUT2D eigenvalue weighted by atomic mass is 19.1. The summed E-state index contributed by atoms with van der Waals surface area (Å²) < 4.78 is 19.6. The highest BCUT2D eigenvalue weighted by Crippen LogP contribution is 2.32. The van der Waals surface area contributed by atoms with E-state index in [1.54, 1.807) is 13.0 Å². The minimum atomic E-state index is -0.199. The molecule has 1 aromatic rings. The topological polar surface area (TPSA) is 21.3 Å². The van der Waals surface area contributed by atoms with Crippen molar-refractivity contribution in [3.05, 3.63) is 29.6 Å². The maximum atomic E-state index is 13.6. The molecule has 1 fully saturated rings. The van der Waals surface area contributed by atoms with E-state index in [1.165, 1.54) is 6.07 Å². The van der Waals surface area contributed by atoms with Crippen molar-refractivity contribution in [3.63, 3.8) is 0 Å². The third kappa shape index (κ3) is 3.27. The summed E-state index contributed by atoms with van der Waals surface area (Å²) in [5.74, 6) is 1.62. The lowest BCUT2D eigenvalue weighted by atomic mass is 9.78. The highest BCUT2D eigenvalue weighted by molar-refractivity contribution is 5.28. The third-order valence-corrected chi connectivity index (χ3v) is 4.17. The first-order valence-corrected chi connectivity index (χ1v) is 7.11. The summed E-state index contributed by atoms with van der Waals surface area (Å²) >= 11 is 0. The van der Waals surface area contributed by atoms with Crippen LogP contribution in [0, 0.1) is 24.6 Å². The van der Waals surface area contributed by atoms with Crippen molar-refractivity contribution in [1.82, 2.24) is 5.32 Å². The second kappa shape index (κ2) is 5.91. The Kier molecular flexibility index (Phi) is 4.46. The molecule has 2 rings (SSSR count). The van der Waals surface area contributed by atoms with Crippen molar-refractivity contribution in [2.24, 2.45) is 11.8 Å². The van der Waals surface area contributed by atoms with Crippen LogP contribution in [0.4, 0.5) is 4.39 Å². The molecule has 0 aliphatic heterocycles. The monoisotopic (exact) mass is 265 g/mol. The van der Waals surface area contributed by atoms with Crippen LogP contribution < -0.4 is 10.1 Å². The number of halogens is 1. The fourth-order valence-electron chi connectivity index (χ4n) is 3.11. The molecule has 0 radical (unpaired) electrons. The van der Waals surface area contributed by atoms with Crippen LogP contribution in [0.2, 0.25) is 0 Å². The summed E-state index contributed by atoms with van der Waals surface area (Å²) in [6.45, 7) is 6.26. The minimum Gasteiger partial charge on any atom is -0.488 e. The molecule has 1 aromatic carbocycles. The van der Waals surface area contributed by atoms with Gasteiger partial charge in [-0.1, -0.05) is 19.9 Å². The van der Waals surface area contributed by atoms with Crippen molar-refractivity contribution in [1.29, 1.82) is 0 Å². The largest absolute Gasteiger partial charge is 0.488 e. The lowest BCUT2D eigenvalue weighted by Gasteiger charge is -2.39. The van der Waals surface area contributed by atoms with E-state index in [-0.39, 0.29) is 11.9 Å². The quantitative estimate of drug-likeness (QED) is 0.902. The third-order valence-electron chi connectivity index (χ3n) is 4.17. The van der Waals surface area contributed by atoms with Gasteiger partial charge in [0.05, 0.1) is 0 Å². The maximum Gasteiger partial charge on any atom is 0.129 e. The zero-order valence-electron chi connectivity index (χ0n) is 12.2. The van der Waals surface area contributed by atoms with Crippen molar-refractivity contribution >= 4 is 0 Å². The number of likely N-dealkylation sites (N-methyl/N-ethyl adjacent to an activating group) is 1. The van der Waals surface area contributed by atoms with E-state index in [0.717, 1.165) is 12.8 Å². The summed E-state index contributed by atoms with van der Waals surface area (Å²) in [7, 11) is 1.97. The Labute approximate surface area is 115 Å². The van der Waals surface area contributed by atoms with Gasteiger partial charge in [-0.2, -0.15) is 0 Å². The number of ether oxygens (including phenoxy) is 1. The van der Waals surface area contributed by atoms with Gasteiger partial charge in [0.1, 0.15) is 17.7 Å². The number of hydrogen-bond donors (Lipinski definition) is 1. The molecule has 1 saturated carbocycles. The van der Waals surface area contributed by atoms with Gasteiger partial charge in [-0.05, 0) is 50.3 Å². The molecule has 0 amide bonds. The molecule has 3 heteroatoms. The molecule has 1 N–H and O–H groups in total. The second-order valence-electron chi connectivity index (χ2n) is 5.94. The molecule has 1 aliphatic carbocycles. The molecule has 4 atom stereocenters. The average molecular weight is 265 g/mol. The number of rotatable bonds is 3. The van der Waals surface area contributed by atoms with Crippen molar-refractivity contribution in [2.45, 2.75) is 45.8 Å². The Morgan fingerprint density at radius 2 is 2.00 bits per heavy atom. The minimum absolute atomic E-state index is 0.114. The average Bonchev–Trinajstić information content (AvgIpc) is 2.36. The van der Waals surface area contributed by atoms with Crippen LogP contribution >= 0.6 is 0 Å². The molecule has 0 spiro atoms. The van der Waals surface area contributed by atoms with E-state index in [4.69, 9.17) is 4.74 Å². The molecule has 19 heavy (non-hydrogen) atoms. The SMILES string of the molecule is CNC1CC(C)CC(C)C1Oc1ccc(C)c(F)c1. The molecule has 4 unspecified atom stereocenters. The van der Waals surface area contributed by atoms with Gasteiger partial charge < -0.3 is 10.1 Å². The zero-order chi connectivity index (χ0) is 14.0. The maximum absolute atomic E-state index is 13.6. The van der Waals surface area contributed by atoms with Crippen LogP contribution in [-0.4, -0.2) is 19.2 Å². The summed E-state index contributed by atoms with van der Waals surface area (Å²) in [4.78, 5) is 0. The van der Waals surface area contributed by atoms with Crippen molar-refractivity contribution < 1.29 is 9.13 Å². The summed E-state index contributed by atoms with van der Waals surface area (Å²) in [5.41, 5.74) is 0.655. The fraction of sp³-hybridized carbons (Fsp3) is 0.625. The van der Waals surface area contributed by atoms with Crippen LogP contribution in [0.3, 0.4) is 0 Å². The number of benzene rings is 1. The Hall–Kier alpha value is -1.09. The normalized spacial score (nSPS) is 31.2. The number of aryl methyl sites for hydroxylation is 1. The Morgan fingerprint density at radius 1 is 1.26 bits per heavy atom. The second-order valence-corrected chi connectivity index (χ2v) is 5.94. The molecule has 0 heterocycles. The van der Waals surface area contributed by atoms with E-state index in [0.29, 0.717) is 29.2 Å². The van der Waals surface area contributed by atoms with E-state index in [9.17, 15) is 4.39 Å². The van der Waals surface area contributed by atoms with Gasteiger partial charge in [0.2, 0.25) is 0 Å². The van der Waals surface area contributed by atoms with Crippen LogP contribution in [0.1, 0.15) is 32.3 Å². The highest BCUT2D eigenvalue weighted by Gasteiger charge is 2.34. The predicted octanol–water partition coefficient (Wildman–Crippen LogP) is 3.54. The zero-order valence-corrected chi connectivity index (χ0v) is 12.2. The van der Waals surface area contributed by atoms with Gasteiger partial charge in [-0.15, -0.1) is 0 Å². The lowest BCUT2D eigenvalue weighted by molar-refractivity contribution is 0.0504. The van der Waals surface area contributed by atoms with Gasteiger partial charge in [-0.25, -0.2) is 4.39 Å². The van der Waals surface area contributed by atoms with Crippen LogP contribution in [0.25, 0.3) is 0 Å². The first-order valence-electron chi connectivity index (χ1n) is 7.11. The van der Waals surface area contributed by atoms with Gasteiger partial charge in [-0.3, -0.25) is 0 Å². The summed E-state index contributed by atoms with van der Waals surface area (Å²) in [5, 5.41) is 3.34. The summed E-state index contributed by atoms with van der Waals surface area (Å²) in [6.07, 6.45) is 2.39. The van der Waals surface area contributed by atoms with E-state index < -0.39 is 0 Å². The van der Waals surface area contributed by atoms with Crippen molar-refractivity contribution in [2.75, 3.05) is 7.05 Å². The Bertz CT molecular complexity index is 435. The van der Waals surface area contributed by atoms with Crippen molar-refractivity contribution in [3.8, 4) is 5.75 Å². The smallest absolute Gasteiger partial charge is 0.129 e. The number of hydrogen-bond acceptors (Lipinski definition) is 2. The Morgan fingerprint density at radius 3 is 2.63 bits per heavy atom. The molecule has 0 saturated heterocycles. The molecule has 1 aliphatic rings.